The van der Waals surface area contributed by atoms with E-state index in [0.29, 0.717) is 0 Å². The van der Waals surface area contributed by atoms with Gasteiger partial charge in [0.2, 0.25) is 0 Å². The van der Waals surface area contributed by atoms with Gasteiger partial charge in [-0.05, 0) is 0 Å². The maximum absolute atomic E-state index is 3.12. The summed E-state index contributed by atoms with van der Waals surface area (Å²) in [6.07, 6.45) is 16.7. The predicted molar refractivity (Wildman–Crippen MR) is 52.4 cm³/mol. The van der Waals surface area contributed by atoms with E-state index in [4.69, 9.17) is 0 Å². The van der Waals surface area contributed by atoms with Gasteiger partial charge in [0.25, 0.3) is 0 Å². The van der Waals surface area contributed by atoms with E-state index in [1.165, 1.54) is 11.1 Å². The molecule has 14 heavy (non-hydrogen) atoms. The van der Waals surface area contributed by atoms with E-state index < -0.39 is 0 Å². The monoisotopic (exact) mass is 244 g/mol. The van der Waals surface area contributed by atoms with Crippen molar-refractivity contribution < 1.29 is 31.0 Å². The standard InChI is InChI=1S/2C6H7.ClH.V/c2*1-6-4-2-3-5-6;;/h2*2,4H,3H2,1H3;1H;/q2*-1;;/p-1. The number of hydrogen-bond donors (Lipinski definition) is 0. The molecule has 0 saturated carbocycles. The SMILES string of the molecule is CC1=[C-]CC=C1.CC1=[C-]CC=C1.[Cl-].[V]. The third kappa shape index (κ3) is 7.26. The Hall–Kier alpha value is -0.166. The molecule has 2 heteroatoms. The van der Waals surface area contributed by atoms with E-state index in [0.717, 1.165) is 12.8 Å². The number of allylic oxidation sites excluding steroid dienone is 8. The summed E-state index contributed by atoms with van der Waals surface area (Å²) in [5.41, 5.74) is 2.55. The smallest absolute Gasteiger partial charge is 0 e. The summed E-state index contributed by atoms with van der Waals surface area (Å²) in [5.74, 6) is 0. The third-order valence-electron chi connectivity index (χ3n) is 1.73. The molecule has 0 heterocycles. The summed E-state index contributed by atoms with van der Waals surface area (Å²) in [7, 11) is 0. The first-order valence-corrected chi connectivity index (χ1v) is 4.27. The fourth-order valence-electron chi connectivity index (χ4n) is 1.03. The second kappa shape index (κ2) is 9.39. The van der Waals surface area contributed by atoms with Crippen molar-refractivity contribution in [2.24, 2.45) is 0 Å². The van der Waals surface area contributed by atoms with Gasteiger partial charge >= 0.3 is 0 Å². The second-order valence-corrected chi connectivity index (χ2v) is 2.93. The van der Waals surface area contributed by atoms with E-state index >= 15 is 0 Å². The molecule has 2 aliphatic carbocycles. The number of rotatable bonds is 0. The van der Waals surface area contributed by atoms with Crippen LogP contribution in [-0.4, -0.2) is 0 Å². The Morgan fingerprint density at radius 2 is 1.29 bits per heavy atom. The molecular weight excluding hydrogens is 231 g/mol. The normalized spacial score (nSPS) is 15.9. The van der Waals surface area contributed by atoms with Crippen LogP contribution in [-0.2, 0) is 18.6 Å². The predicted octanol–water partition coefficient (Wildman–Crippen LogP) is 0.393. The van der Waals surface area contributed by atoms with Crippen LogP contribution in [0.1, 0.15) is 26.7 Å². The molecule has 0 aliphatic heterocycles. The Morgan fingerprint density at radius 1 is 0.929 bits per heavy atom. The number of halogens is 1. The van der Waals surface area contributed by atoms with E-state index in [1.807, 2.05) is 0 Å². The van der Waals surface area contributed by atoms with E-state index in [2.05, 4.69) is 50.3 Å². The molecule has 0 atom stereocenters. The average Bonchev–Trinajstić information content (AvgIpc) is 2.63. The zero-order valence-corrected chi connectivity index (χ0v) is 10.7. The molecule has 2 rings (SSSR count). The maximum atomic E-state index is 3.12. The van der Waals surface area contributed by atoms with Gasteiger partial charge in [-0.25, -0.2) is 23.3 Å². The topological polar surface area (TPSA) is 0 Å². The Labute approximate surface area is 105 Å². The summed E-state index contributed by atoms with van der Waals surface area (Å²) in [4.78, 5) is 0. The molecule has 0 spiro atoms. The van der Waals surface area contributed by atoms with Gasteiger partial charge in [-0.3, -0.25) is 12.2 Å². The van der Waals surface area contributed by atoms with Crippen LogP contribution in [0.15, 0.2) is 35.5 Å². The molecule has 0 saturated heterocycles. The first-order valence-electron chi connectivity index (χ1n) is 4.27. The van der Waals surface area contributed by atoms with Crippen molar-refractivity contribution in [1.82, 2.24) is 0 Å². The van der Waals surface area contributed by atoms with Crippen molar-refractivity contribution in [1.29, 1.82) is 0 Å². The van der Waals surface area contributed by atoms with Crippen molar-refractivity contribution in [3.8, 4) is 0 Å². The van der Waals surface area contributed by atoms with E-state index in [9.17, 15) is 0 Å². The molecule has 0 aromatic heterocycles. The molecule has 0 bridgehead atoms. The van der Waals surface area contributed by atoms with Gasteiger partial charge in [0.1, 0.15) is 0 Å². The molecule has 0 N–H and O–H groups in total. The summed E-state index contributed by atoms with van der Waals surface area (Å²) in [5, 5.41) is 0. The van der Waals surface area contributed by atoms with Crippen LogP contribution in [0, 0.1) is 12.2 Å². The van der Waals surface area contributed by atoms with Crippen LogP contribution in [0.25, 0.3) is 0 Å². The van der Waals surface area contributed by atoms with Crippen LogP contribution < -0.4 is 12.4 Å². The zero-order chi connectivity index (χ0) is 8.81. The molecule has 0 unspecified atom stereocenters. The summed E-state index contributed by atoms with van der Waals surface area (Å²) in [6, 6.07) is 0. The van der Waals surface area contributed by atoms with Crippen LogP contribution in [0.2, 0.25) is 0 Å². The van der Waals surface area contributed by atoms with Crippen molar-refractivity contribution in [2.75, 3.05) is 0 Å². The minimum absolute atomic E-state index is 0. The van der Waals surface area contributed by atoms with Gasteiger partial charge in [0.15, 0.2) is 0 Å². The van der Waals surface area contributed by atoms with Crippen LogP contribution in [0.5, 0.6) is 0 Å². The van der Waals surface area contributed by atoms with Crippen molar-refractivity contribution in [3.05, 3.63) is 47.6 Å². The summed E-state index contributed by atoms with van der Waals surface area (Å²) in [6.45, 7) is 4.12. The van der Waals surface area contributed by atoms with Gasteiger partial charge in [0.05, 0.1) is 0 Å². The molecule has 77 valence electrons. The van der Waals surface area contributed by atoms with Crippen LogP contribution in [0.4, 0.5) is 0 Å². The summed E-state index contributed by atoms with van der Waals surface area (Å²) < 4.78 is 0. The minimum atomic E-state index is 0. The van der Waals surface area contributed by atoms with Gasteiger partial charge in [-0.1, -0.05) is 13.8 Å². The molecule has 0 aromatic rings. The van der Waals surface area contributed by atoms with Crippen LogP contribution >= 0.6 is 0 Å². The van der Waals surface area contributed by atoms with Crippen LogP contribution in [0.3, 0.4) is 0 Å². The Kier molecular flexibility index (Phi) is 10.9. The second-order valence-electron chi connectivity index (χ2n) is 2.93. The first kappa shape index (κ1) is 16.3. The van der Waals surface area contributed by atoms with E-state index in [1.54, 1.807) is 0 Å². The van der Waals surface area contributed by atoms with Crippen molar-refractivity contribution in [2.45, 2.75) is 26.7 Å². The van der Waals surface area contributed by atoms with E-state index in [-0.39, 0.29) is 31.0 Å². The van der Waals surface area contributed by atoms with Gasteiger partial charge in [0, 0.05) is 18.6 Å². The Bertz CT molecular complexity index is 226. The average molecular weight is 245 g/mol. The Morgan fingerprint density at radius 3 is 1.36 bits per heavy atom. The molecule has 0 nitrogen and oxygen atoms in total. The molecular formula is C12H14ClV-3. The maximum Gasteiger partial charge on any atom is 0 e. The molecule has 2 aliphatic rings. The number of hydrogen-bond acceptors (Lipinski definition) is 0. The van der Waals surface area contributed by atoms with Gasteiger partial charge < -0.3 is 12.4 Å². The van der Waals surface area contributed by atoms with Crippen molar-refractivity contribution >= 4 is 0 Å². The molecule has 0 amide bonds. The largest absolute Gasteiger partial charge is 1.00 e. The fraction of sp³-hybridized carbons (Fsp3) is 0.333. The fourth-order valence-corrected chi connectivity index (χ4v) is 1.03. The Balaban J connectivity index is 0. The summed E-state index contributed by atoms with van der Waals surface area (Å²) >= 11 is 0. The quantitative estimate of drug-likeness (QED) is 0.541. The first-order chi connectivity index (χ1) is 5.79. The van der Waals surface area contributed by atoms with Gasteiger partial charge in [-0.2, -0.15) is 12.2 Å². The zero-order valence-electron chi connectivity index (χ0n) is 8.55. The van der Waals surface area contributed by atoms with Gasteiger partial charge in [-0.15, -0.1) is 12.8 Å². The molecule has 0 aromatic carbocycles. The molecule has 1 radical (unpaired) electrons. The minimum Gasteiger partial charge on any atom is -1.00 e. The third-order valence-corrected chi connectivity index (χ3v) is 1.73. The molecule has 0 fully saturated rings. The van der Waals surface area contributed by atoms with Crippen molar-refractivity contribution in [3.63, 3.8) is 0 Å².